The van der Waals surface area contributed by atoms with Crippen LogP contribution < -0.4 is 16.0 Å². The van der Waals surface area contributed by atoms with E-state index >= 15 is 0 Å². The standard InChI is InChI=1S/C31H32FN5O2/c32-24-9-7-21(8-10-24)17-22-13-15-37(16-14-22)20-28-27(30(38)34-25-11-12-25)5-2-6-29(28)36-31(39)35-26-4-1-3-23(18-26)19-33/h1-10,18,22,25H,11-17,20H2,(H,34,38)(H2,35,36,39). The Kier molecular flexibility index (Phi) is 8.18. The summed E-state index contributed by atoms with van der Waals surface area (Å²) in [7, 11) is 0. The molecule has 3 amide bonds. The third kappa shape index (κ3) is 7.21. The summed E-state index contributed by atoms with van der Waals surface area (Å²) in [4.78, 5) is 28.3. The van der Waals surface area contributed by atoms with Crippen LogP contribution >= 0.6 is 0 Å². The predicted octanol–water partition coefficient (Wildman–Crippen LogP) is 5.69. The Hall–Kier alpha value is -4.22. The van der Waals surface area contributed by atoms with E-state index in [9.17, 15) is 14.0 Å². The van der Waals surface area contributed by atoms with Gasteiger partial charge in [-0.25, -0.2) is 9.18 Å². The maximum Gasteiger partial charge on any atom is 0.323 e. The van der Waals surface area contributed by atoms with E-state index in [1.807, 2.05) is 24.3 Å². The second-order valence-electron chi connectivity index (χ2n) is 10.4. The zero-order valence-corrected chi connectivity index (χ0v) is 21.8. The molecule has 8 heteroatoms. The lowest BCUT2D eigenvalue weighted by atomic mass is 9.90. The quantitative estimate of drug-likeness (QED) is 0.352. The highest BCUT2D eigenvalue weighted by atomic mass is 19.1. The van der Waals surface area contributed by atoms with Crippen LogP contribution in [0.5, 0.6) is 0 Å². The van der Waals surface area contributed by atoms with Crippen LogP contribution in [0, 0.1) is 23.1 Å². The van der Waals surface area contributed by atoms with Crippen LogP contribution in [0.15, 0.2) is 66.7 Å². The summed E-state index contributed by atoms with van der Waals surface area (Å²) < 4.78 is 13.3. The molecule has 1 heterocycles. The first kappa shape index (κ1) is 26.4. The molecular weight excluding hydrogens is 493 g/mol. The van der Waals surface area contributed by atoms with Crippen LogP contribution in [0.25, 0.3) is 0 Å². The third-order valence-corrected chi connectivity index (χ3v) is 7.36. The molecule has 200 valence electrons. The number of rotatable bonds is 8. The average Bonchev–Trinajstić information content (AvgIpc) is 3.76. The Balaban J connectivity index is 1.28. The summed E-state index contributed by atoms with van der Waals surface area (Å²) in [5, 5.41) is 17.9. The number of nitrogens with one attached hydrogen (secondary N) is 3. The van der Waals surface area contributed by atoms with Gasteiger partial charge < -0.3 is 16.0 Å². The number of likely N-dealkylation sites (tertiary alicyclic amines) is 1. The normalized spacial score (nSPS) is 15.8. The average molecular weight is 526 g/mol. The second-order valence-corrected chi connectivity index (χ2v) is 10.4. The zero-order chi connectivity index (χ0) is 27.2. The number of nitriles is 1. The Morgan fingerprint density at radius 3 is 2.41 bits per heavy atom. The number of carbonyl (C=O) groups is 2. The lowest BCUT2D eigenvalue weighted by Gasteiger charge is -2.33. The van der Waals surface area contributed by atoms with Crippen molar-refractivity contribution in [2.75, 3.05) is 23.7 Å². The minimum absolute atomic E-state index is 0.121. The largest absolute Gasteiger partial charge is 0.349 e. The van der Waals surface area contributed by atoms with Gasteiger partial charge in [-0.1, -0.05) is 24.3 Å². The molecule has 0 bridgehead atoms. The van der Waals surface area contributed by atoms with E-state index in [4.69, 9.17) is 5.26 Å². The number of nitrogens with zero attached hydrogens (tertiary/aromatic N) is 2. The van der Waals surface area contributed by atoms with Crippen molar-refractivity contribution in [1.82, 2.24) is 10.2 Å². The van der Waals surface area contributed by atoms with E-state index in [2.05, 4.69) is 26.9 Å². The van der Waals surface area contributed by atoms with Crippen molar-refractivity contribution in [3.8, 4) is 6.07 Å². The van der Waals surface area contributed by atoms with Gasteiger partial charge >= 0.3 is 6.03 Å². The highest BCUT2D eigenvalue weighted by Crippen LogP contribution is 2.28. The van der Waals surface area contributed by atoms with Gasteiger partial charge in [0.2, 0.25) is 0 Å². The first-order valence-electron chi connectivity index (χ1n) is 13.4. The molecule has 0 radical (unpaired) electrons. The van der Waals surface area contributed by atoms with Crippen molar-refractivity contribution < 1.29 is 14.0 Å². The Labute approximate surface area is 228 Å². The van der Waals surface area contributed by atoms with Gasteiger partial charge in [-0.05, 0) is 99.1 Å². The molecule has 5 rings (SSSR count). The van der Waals surface area contributed by atoms with Crippen molar-refractivity contribution in [2.45, 2.75) is 44.7 Å². The molecule has 1 aliphatic heterocycles. The molecule has 0 aromatic heterocycles. The second kappa shape index (κ2) is 12.1. The fraction of sp³-hybridized carbons (Fsp3) is 0.323. The molecule has 7 nitrogen and oxygen atoms in total. The number of piperidine rings is 1. The van der Waals surface area contributed by atoms with Gasteiger partial charge in [0.25, 0.3) is 5.91 Å². The maximum atomic E-state index is 13.3. The van der Waals surface area contributed by atoms with Gasteiger partial charge in [0.05, 0.1) is 11.6 Å². The first-order chi connectivity index (χ1) is 19.0. The van der Waals surface area contributed by atoms with E-state index in [0.29, 0.717) is 35.0 Å². The predicted molar refractivity (Wildman–Crippen MR) is 149 cm³/mol. The molecule has 1 aliphatic carbocycles. The molecule has 2 fully saturated rings. The molecule has 0 atom stereocenters. The summed E-state index contributed by atoms with van der Waals surface area (Å²) in [6.07, 6.45) is 4.92. The Bertz CT molecular complexity index is 1370. The Morgan fingerprint density at radius 1 is 0.949 bits per heavy atom. The molecule has 39 heavy (non-hydrogen) atoms. The number of halogens is 1. The Morgan fingerprint density at radius 2 is 1.69 bits per heavy atom. The maximum absolute atomic E-state index is 13.3. The molecule has 0 unspecified atom stereocenters. The lowest BCUT2D eigenvalue weighted by molar-refractivity contribution is 0.0948. The van der Waals surface area contributed by atoms with Gasteiger partial charge in [-0.2, -0.15) is 5.26 Å². The van der Waals surface area contributed by atoms with Crippen molar-refractivity contribution in [1.29, 1.82) is 5.26 Å². The molecule has 1 saturated heterocycles. The fourth-order valence-electron chi connectivity index (χ4n) is 5.06. The first-order valence-corrected chi connectivity index (χ1v) is 13.4. The van der Waals surface area contributed by atoms with E-state index in [0.717, 1.165) is 56.3 Å². The number of anilines is 2. The van der Waals surface area contributed by atoms with E-state index in [1.165, 1.54) is 12.1 Å². The molecule has 3 aromatic carbocycles. The summed E-state index contributed by atoms with van der Waals surface area (Å²) in [5.74, 6) is 0.184. The number of hydrogen-bond donors (Lipinski definition) is 3. The lowest BCUT2D eigenvalue weighted by Crippen LogP contribution is -2.35. The van der Waals surface area contributed by atoms with Gasteiger partial charge in [-0.15, -0.1) is 0 Å². The van der Waals surface area contributed by atoms with Crippen molar-refractivity contribution in [2.24, 2.45) is 5.92 Å². The van der Waals surface area contributed by atoms with Gasteiger partial charge in [-0.3, -0.25) is 9.69 Å². The summed E-state index contributed by atoms with van der Waals surface area (Å²) in [6.45, 7) is 2.28. The zero-order valence-electron chi connectivity index (χ0n) is 21.8. The topological polar surface area (TPSA) is 97.3 Å². The van der Waals surface area contributed by atoms with Crippen LogP contribution in [0.3, 0.4) is 0 Å². The number of carbonyl (C=O) groups excluding carboxylic acids is 2. The summed E-state index contributed by atoms with van der Waals surface area (Å²) >= 11 is 0. The fourth-order valence-corrected chi connectivity index (χ4v) is 5.06. The molecule has 2 aliphatic rings. The number of benzene rings is 3. The highest BCUT2D eigenvalue weighted by Gasteiger charge is 2.27. The molecule has 3 N–H and O–H groups in total. The van der Waals surface area contributed by atoms with Gasteiger partial charge in [0.1, 0.15) is 5.82 Å². The minimum Gasteiger partial charge on any atom is -0.349 e. The van der Waals surface area contributed by atoms with Crippen LogP contribution in [-0.4, -0.2) is 36.0 Å². The van der Waals surface area contributed by atoms with Crippen LogP contribution in [-0.2, 0) is 13.0 Å². The van der Waals surface area contributed by atoms with Gasteiger partial charge in [0, 0.05) is 35.1 Å². The number of hydrogen-bond acceptors (Lipinski definition) is 4. The SMILES string of the molecule is N#Cc1cccc(NC(=O)Nc2cccc(C(=O)NC3CC3)c2CN2CCC(Cc3ccc(F)cc3)CC2)c1. The van der Waals surface area contributed by atoms with E-state index in [1.54, 1.807) is 30.3 Å². The number of amides is 3. The van der Waals surface area contributed by atoms with Crippen molar-refractivity contribution in [3.63, 3.8) is 0 Å². The van der Waals surface area contributed by atoms with Crippen LogP contribution in [0.4, 0.5) is 20.6 Å². The van der Waals surface area contributed by atoms with Crippen molar-refractivity contribution >= 4 is 23.3 Å². The molecule has 0 spiro atoms. The summed E-state index contributed by atoms with van der Waals surface area (Å²) in [5.41, 5.74) is 4.05. The number of urea groups is 1. The minimum atomic E-state index is -0.441. The molecular formula is C31H32FN5O2. The van der Waals surface area contributed by atoms with E-state index < -0.39 is 6.03 Å². The third-order valence-electron chi connectivity index (χ3n) is 7.36. The molecule has 3 aromatic rings. The smallest absolute Gasteiger partial charge is 0.323 e. The van der Waals surface area contributed by atoms with E-state index in [-0.39, 0.29) is 17.8 Å². The van der Waals surface area contributed by atoms with Gasteiger partial charge in [0.15, 0.2) is 0 Å². The van der Waals surface area contributed by atoms with Crippen LogP contribution in [0.2, 0.25) is 0 Å². The van der Waals surface area contributed by atoms with Crippen LogP contribution in [0.1, 0.15) is 52.7 Å². The summed E-state index contributed by atoms with van der Waals surface area (Å²) in [6, 6.07) is 20.7. The monoisotopic (exact) mass is 525 g/mol. The highest BCUT2D eigenvalue weighted by molar-refractivity contribution is 6.03. The van der Waals surface area contributed by atoms with Crippen molar-refractivity contribution in [3.05, 3.63) is 94.8 Å². The molecule has 1 saturated carbocycles.